The predicted octanol–water partition coefficient (Wildman–Crippen LogP) is 1.81. The van der Waals surface area contributed by atoms with Crippen molar-refractivity contribution >= 4 is 52.7 Å². The van der Waals surface area contributed by atoms with Crippen LogP contribution in [0, 0.1) is 0 Å². The summed E-state index contributed by atoms with van der Waals surface area (Å²) in [5.74, 6) is -2.12. The van der Waals surface area contributed by atoms with Gasteiger partial charge in [-0.15, -0.1) is 0 Å². The van der Waals surface area contributed by atoms with E-state index in [1.807, 2.05) is 0 Å². The Labute approximate surface area is 153 Å². The summed E-state index contributed by atoms with van der Waals surface area (Å²) in [6.45, 7) is 1.82. The summed E-state index contributed by atoms with van der Waals surface area (Å²) in [5, 5.41) is 5.31. The SMILES string of the molecule is CC1(C)NC(=O)N(CC(=O)OCC(=O)Nc2c(Cl)cccc2Cl)C1=O. The molecule has 0 saturated carbocycles. The molecule has 2 N–H and O–H groups in total. The third kappa shape index (κ3) is 4.40. The second-order valence-electron chi connectivity index (χ2n) is 5.75. The average molecular weight is 388 g/mol. The molecular formula is C15H15Cl2N3O5. The third-order valence-electron chi connectivity index (χ3n) is 3.32. The zero-order chi connectivity index (χ0) is 18.8. The van der Waals surface area contributed by atoms with Crippen LogP contribution in [0.4, 0.5) is 10.5 Å². The quantitative estimate of drug-likeness (QED) is 0.591. The first-order valence-electron chi connectivity index (χ1n) is 7.15. The van der Waals surface area contributed by atoms with Crippen LogP contribution in [-0.2, 0) is 19.1 Å². The summed E-state index contributed by atoms with van der Waals surface area (Å²) in [6.07, 6.45) is 0. The van der Waals surface area contributed by atoms with E-state index < -0.39 is 42.5 Å². The highest BCUT2D eigenvalue weighted by molar-refractivity contribution is 6.39. The lowest BCUT2D eigenvalue weighted by Crippen LogP contribution is -2.41. The van der Waals surface area contributed by atoms with E-state index in [0.29, 0.717) is 0 Å². The number of nitrogens with zero attached hydrogens (tertiary/aromatic N) is 1. The van der Waals surface area contributed by atoms with E-state index in [1.165, 1.54) is 26.0 Å². The summed E-state index contributed by atoms with van der Waals surface area (Å²) in [6, 6.07) is 3.99. The number of esters is 1. The number of carbonyl (C=O) groups is 4. The third-order valence-corrected chi connectivity index (χ3v) is 3.95. The Morgan fingerprint density at radius 3 is 2.36 bits per heavy atom. The number of anilines is 1. The van der Waals surface area contributed by atoms with Gasteiger partial charge in [-0.3, -0.25) is 19.3 Å². The largest absolute Gasteiger partial charge is 0.454 e. The Balaban J connectivity index is 1.87. The van der Waals surface area contributed by atoms with Crippen LogP contribution in [-0.4, -0.2) is 47.4 Å². The minimum atomic E-state index is -1.09. The fraction of sp³-hybridized carbons (Fsp3) is 0.333. The summed E-state index contributed by atoms with van der Waals surface area (Å²) in [4.78, 5) is 47.9. The van der Waals surface area contributed by atoms with Gasteiger partial charge in [-0.1, -0.05) is 29.3 Å². The van der Waals surface area contributed by atoms with Gasteiger partial charge in [-0.25, -0.2) is 4.79 Å². The summed E-state index contributed by atoms with van der Waals surface area (Å²) >= 11 is 11.8. The van der Waals surface area contributed by atoms with E-state index >= 15 is 0 Å². The second-order valence-corrected chi connectivity index (χ2v) is 6.57. The molecule has 1 saturated heterocycles. The van der Waals surface area contributed by atoms with Crippen molar-refractivity contribution in [3.8, 4) is 0 Å². The Hall–Kier alpha value is -2.32. The van der Waals surface area contributed by atoms with Gasteiger partial charge in [0.1, 0.15) is 12.1 Å². The average Bonchev–Trinajstić information content (AvgIpc) is 2.71. The number of nitrogens with one attached hydrogen (secondary N) is 2. The van der Waals surface area contributed by atoms with Gasteiger partial charge in [0.2, 0.25) is 0 Å². The van der Waals surface area contributed by atoms with Crippen molar-refractivity contribution in [3.05, 3.63) is 28.2 Å². The van der Waals surface area contributed by atoms with E-state index in [0.717, 1.165) is 4.90 Å². The molecule has 0 bridgehead atoms. The monoisotopic (exact) mass is 387 g/mol. The molecule has 25 heavy (non-hydrogen) atoms. The molecule has 0 unspecified atom stereocenters. The van der Waals surface area contributed by atoms with Crippen molar-refractivity contribution in [2.45, 2.75) is 19.4 Å². The number of amides is 4. The Bertz CT molecular complexity index is 730. The van der Waals surface area contributed by atoms with Crippen LogP contribution in [0.2, 0.25) is 10.0 Å². The first-order valence-corrected chi connectivity index (χ1v) is 7.91. The smallest absolute Gasteiger partial charge is 0.326 e. The topological polar surface area (TPSA) is 105 Å². The van der Waals surface area contributed by atoms with Crippen molar-refractivity contribution < 1.29 is 23.9 Å². The number of hydrogen-bond acceptors (Lipinski definition) is 5. The van der Waals surface area contributed by atoms with Gasteiger partial charge < -0.3 is 15.4 Å². The predicted molar refractivity (Wildman–Crippen MR) is 90.4 cm³/mol. The molecule has 1 aliphatic rings. The highest BCUT2D eigenvalue weighted by atomic mass is 35.5. The Morgan fingerprint density at radius 2 is 1.84 bits per heavy atom. The fourth-order valence-electron chi connectivity index (χ4n) is 2.08. The number of imide groups is 1. The lowest BCUT2D eigenvalue weighted by atomic mass is 10.1. The molecule has 10 heteroatoms. The van der Waals surface area contributed by atoms with Crippen molar-refractivity contribution in [2.75, 3.05) is 18.5 Å². The fourth-order valence-corrected chi connectivity index (χ4v) is 2.57. The summed E-state index contributed by atoms with van der Waals surface area (Å²) < 4.78 is 4.77. The molecular weight excluding hydrogens is 373 g/mol. The highest BCUT2D eigenvalue weighted by Crippen LogP contribution is 2.29. The molecule has 1 heterocycles. The minimum absolute atomic E-state index is 0.197. The molecule has 8 nitrogen and oxygen atoms in total. The zero-order valence-corrected chi connectivity index (χ0v) is 14.9. The molecule has 0 aromatic heterocycles. The number of urea groups is 1. The molecule has 0 spiro atoms. The van der Waals surface area contributed by atoms with Gasteiger partial charge in [-0.2, -0.15) is 0 Å². The number of hydrogen-bond donors (Lipinski definition) is 2. The number of halogens is 2. The first kappa shape index (κ1) is 19.0. The summed E-state index contributed by atoms with van der Waals surface area (Å²) in [5.41, 5.74) is -0.891. The molecule has 0 radical (unpaired) electrons. The molecule has 1 aromatic carbocycles. The van der Waals surface area contributed by atoms with Gasteiger partial charge in [0.15, 0.2) is 6.61 Å². The van der Waals surface area contributed by atoms with Gasteiger partial charge in [0.05, 0.1) is 15.7 Å². The Kier molecular flexibility index (Phi) is 5.54. The van der Waals surface area contributed by atoms with E-state index in [1.54, 1.807) is 6.07 Å². The molecule has 0 aliphatic carbocycles. The highest BCUT2D eigenvalue weighted by Gasteiger charge is 2.45. The van der Waals surface area contributed by atoms with E-state index in [2.05, 4.69) is 10.6 Å². The number of rotatable bonds is 5. The van der Waals surface area contributed by atoms with Crippen molar-refractivity contribution in [3.63, 3.8) is 0 Å². The molecule has 4 amide bonds. The van der Waals surface area contributed by atoms with E-state index in [-0.39, 0.29) is 15.7 Å². The van der Waals surface area contributed by atoms with Crippen LogP contribution in [0.25, 0.3) is 0 Å². The molecule has 1 aliphatic heterocycles. The molecule has 2 rings (SSSR count). The van der Waals surface area contributed by atoms with Crippen molar-refractivity contribution in [2.24, 2.45) is 0 Å². The summed E-state index contributed by atoms with van der Waals surface area (Å²) in [7, 11) is 0. The zero-order valence-electron chi connectivity index (χ0n) is 13.4. The molecule has 1 aromatic rings. The van der Waals surface area contributed by atoms with Crippen LogP contribution >= 0.6 is 23.2 Å². The maximum absolute atomic E-state index is 12.0. The van der Waals surface area contributed by atoms with E-state index in [9.17, 15) is 19.2 Å². The maximum Gasteiger partial charge on any atom is 0.326 e. The van der Waals surface area contributed by atoms with Crippen molar-refractivity contribution in [1.29, 1.82) is 0 Å². The van der Waals surface area contributed by atoms with E-state index in [4.69, 9.17) is 27.9 Å². The lowest BCUT2D eigenvalue weighted by Gasteiger charge is -2.15. The number of carbonyl (C=O) groups excluding carboxylic acids is 4. The van der Waals surface area contributed by atoms with Gasteiger partial charge in [-0.05, 0) is 26.0 Å². The Morgan fingerprint density at radius 1 is 1.24 bits per heavy atom. The second kappa shape index (κ2) is 7.28. The molecule has 1 fully saturated rings. The number of benzene rings is 1. The normalized spacial score (nSPS) is 15.8. The van der Waals surface area contributed by atoms with Crippen molar-refractivity contribution in [1.82, 2.24) is 10.2 Å². The van der Waals surface area contributed by atoms with Gasteiger partial charge >= 0.3 is 12.0 Å². The van der Waals surface area contributed by atoms with Crippen LogP contribution in [0.1, 0.15) is 13.8 Å². The minimum Gasteiger partial charge on any atom is -0.454 e. The number of para-hydroxylation sites is 1. The lowest BCUT2D eigenvalue weighted by molar-refractivity contribution is -0.150. The van der Waals surface area contributed by atoms with Crippen LogP contribution < -0.4 is 10.6 Å². The van der Waals surface area contributed by atoms with Crippen LogP contribution in [0.15, 0.2) is 18.2 Å². The van der Waals surface area contributed by atoms with Gasteiger partial charge in [0.25, 0.3) is 11.8 Å². The number of ether oxygens (including phenoxy) is 1. The maximum atomic E-state index is 12.0. The van der Waals surface area contributed by atoms with Gasteiger partial charge in [0, 0.05) is 0 Å². The van der Waals surface area contributed by atoms with Crippen LogP contribution in [0.3, 0.4) is 0 Å². The molecule has 134 valence electrons. The standard InChI is InChI=1S/C15H15Cl2N3O5/c1-15(2)13(23)20(14(24)19-15)6-11(22)25-7-10(21)18-12-8(16)4-3-5-9(12)17/h3-5H,6-7H2,1-2H3,(H,18,21)(H,19,24). The molecule has 0 atom stereocenters. The first-order chi connectivity index (χ1) is 11.6. The van der Waals surface area contributed by atoms with Crippen LogP contribution in [0.5, 0.6) is 0 Å².